The van der Waals surface area contributed by atoms with Gasteiger partial charge in [-0.25, -0.2) is 0 Å². The Morgan fingerprint density at radius 2 is 1.95 bits per heavy atom. The summed E-state index contributed by atoms with van der Waals surface area (Å²) in [5.41, 5.74) is 1.80. The number of hydrogen-bond donors (Lipinski definition) is 0. The first-order valence-corrected chi connectivity index (χ1v) is 6.24. The normalized spacial score (nSPS) is 11.1. The van der Waals surface area contributed by atoms with Crippen LogP contribution >= 0.6 is 0 Å². The molecular weight excluding hydrogens is 238 g/mol. The van der Waals surface area contributed by atoms with Crippen molar-refractivity contribution in [2.24, 2.45) is 0 Å². The van der Waals surface area contributed by atoms with Crippen LogP contribution in [0.25, 0.3) is 0 Å². The molecule has 19 heavy (non-hydrogen) atoms. The maximum atomic E-state index is 12.2. The molecule has 0 spiro atoms. The molecule has 102 valence electrons. The van der Waals surface area contributed by atoms with Crippen molar-refractivity contribution in [2.45, 2.75) is 20.8 Å². The van der Waals surface area contributed by atoms with E-state index in [1.165, 1.54) is 0 Å². The fraction of sp³-hybridized carbons (Fsp3) is 0.312. The molecular formula is C16H21NO2. The quantitative estimate of drug-likeness (QED) is 0.757. The van der Waals surface area contributed by atoms with Crippen molar-refractivity contribution in [3.8, 4) is 0 Å². The third-order valence-electron chi connectivity index (χ3n) is 2.77. The Kier molecular flexibility index (Phi) is 5.37. The second kappa shape index (κ2) is 6.78. The zero-order chi connectivity index (χ0) is 14.4. The molecule has 0 radical (unpaired) electrons. The van der Waals surface area contributed by atoms with Crippen molar-refractivity contribution in [3.05, 3.63) is 59.6 Å². The lowest BCUT2D eigenvalue weighted by molar-refractivity contribution is 0.0788. The highest BCUT2D eigenvalue weighted by Gasteiger charge is 2.12. The molecule has 1 amide bonds. The molecule has 3 nitrogen and oxygen atoms in total. The average Bonchev–Trinajstić information content (AvgIpc) is 2.38. The Balaban J connectivity index is 2.63. The van der Waals surface area contributed by atoms with Crippen molar-refractivity contribution < 1.29 is 9.53 Å². The SMILES string of the molecule is C=C(CN(C)C(=O)c1ccc(C)cc1)O/C(C)=C\C. The van der Waals surface area contributed by atoms with Gasteiger partial charge in [0.1, 0.15) is 5.76 Å². The molecule has 0 N–H and O–H groups in total. The number of allylic oxidation sites excluding steroid dienone is 2. The van der Waals surface area contributed by atoms with Gasteiger partial charge in [-0.1, -0.05) is 24.3 Å². The fourth-order valence-corrected chi connectivity index (χ4v) is 1.57. The highest BCUT2D eigenvalue weighted by atomic mass is 16.5. The second-order valence-electron chi connectivity index (χ2n) is 4.57. The summed E-state index contributed by atoms with van der Waals surface area (Å²) >= 11 is 0. The van der Waals surface area contributed by atoms with Gasteiger partial charge in [0.05, 0.1) is 12.3 Å². The van der Waals surface area contributed by atoms with Gasteiger partial charge in [0.2, 0.25) is 0 Å². The summed E-state index contributed by atoms with van der Waals surface area (Å²) < 4.78 is 5.45. The molecule has 1 aromatic carbocycles. The molecule has 0 fully saturated rings. The Labute approximate surface area is 115 Å². The van der Waals surface area contributed by atoms with Gasteiger partial charge >= 0.3 is 0 Å². The Morgan fingerprint density at radius 3 is 2.47 bits per heavy atom. The van der Waals surface area contributed by atoms with E-state index >= 15 is 0 Å². The van der Waals surface area contributed by atoms with Gasteiger partial charge < -0.3 is 9.64 Å². The molecule has 3 heteroatoms. The van der Waals surface area contributed by atoms with Crippen LogP contribution in [0.15, 0.2) is 48.4 Å². The summed E-state index contributed by atoms with van der Waals surface area (Å²) in [5.74, 6) is 1.29. The summed E-state index contributed by atoms with van der Waals surface area (Å²) in [6.45, 7) is 9.93. The van der Waals surface area contributed by atoms with Crippen molar-refractivity contribution in [3.63, 3.8) is 0 Å². The standard InChI is InChI=1S/C16H21NO2/c1-6-13(3)19-14(4)11-17(5)16(18)15-9-7-12(2)8-10-15/h6-10H,4,11H2,1-3,5H3/b13-6-. The van der Waals surface area contributed by atoms with E-state index in [9.17, 15) is 4.79 Å². The maximum absolute atomic E-state index is 12.2. The molecule has 0 unspecified atom stereocenters. The first-order chi connectivity index (χ1) is 8.93. The zero-order valence-electron chi connectivity index (χ0n) is 12.1. The maximum Gasteiger partial charge on any atom is 0.254 e. The van der Waals surface area contributed by atoms with Gasteiger partial charge in [-0.15, -0.1) is 0 Å². The lowest BCUT2D eigenvalue weighted by Gasteiger charge is -2.19. The molecule has 0 saturated carbocycles. The Morgan fingerprint density at radius 1 is 1.37 bits per heavy atom. The smallest absolute Gasteiger partial charge is 0.254 e. The number of carbonyl (C=O) groups is 1. The summed E-state index contributed by atoms with van der Waals surface area (Å²) in [4.78, 5) is 13.8. The van der Waals surface area contributed by atoms with E-state index in [-0.39, 0.29) is 5.91 Å². The van der Waals surface area contributed by atoms with E-state index in [0.29, 0.717) is 17.9 Å². The number of nitrogens with zero attached hydrogens (tertiary/aromatic N) is 1. The molecule has 1 aromatic rings. The predicted molar refractivity (Wildman–Crippen MR) is 77.8 cm³/mol. The van der Waals surface area contributed by atoms with Gasteiger partial charge in [0.15, 0.2) is 0 Å². The van der Waals surface area contributed by atoms with Gasteiger partial charge in [-0.2, -0.15) is 0 Å². The second-order valence-corrected chi connectivity index (χ2v) is 4.57. The number of ether oxygens (including phenoxy) is 1. The molecule has 0 bridgehead atoms. The molecule has 0 aliphatic carbocycles. The van der Waals surface area contributed by atoms with E-state index in [2.05, 4.69) is 6.58 Å². The van der Waals surface area contributed by atoms with E-state index in [1.807, 2.05) is 51.1 Å². The molecule has 0 aromatic heterocycles. The van der Waals surface area contributed by atoms with Gasteiger partial charge in [0.25, 0.3) is 5.91 Å². The number of hydrogen-bond acceptors (Lipinski definition) is 2. The van der Waals surface area contributed by atoms with Gasteiger partial charge in [-0.05, 0) is 39.0 Å². The molecule has 0 heterocycles. The lowest BCUT2D eigenvalue weighted by Crippen LogP contribution is -2.29. The molecule has 0 saturated heterocycles. The number of amides is 1. The third kappa shape index (κ3) is 4.62. The monoisotopic (exact) mass is 259 g/mol. The van der Waals surface area contributed by atoms with Crippen molar-refractivity contribution in [2.75, 3.05) is 13.6 Å². The van der Waals surface area contributed by atoms with Gasteiger partial charge in [0, 0.05) is 12.6 Å². The van der Waals surface area contributed by atoms with E-state index in [1.54, 1.807) is 11.9 Å². The minimum absolute atomic E-state index is 0.0390. The van der Waals surface area contributed by atoms with E-state index in [4.69, 9.17) is 4.74 Å². The van der Waals surface area contributed by atoms with Crippen LogP contribution in [0.4, 0.5) is 0 Å². The largest absolute Gasteiger partial charge is 0.465 e. The van der Waals surface area contributed by atoms with Crippen molar-refractivity contribution in [1.29, 1.82) is 0 Å². The molecule has 0 aliphatic heterocycles. The molecule has 0 atom stereocenters. The van der Waals surface area contributed by atoms with E-state index in [0.717, 1.165) is 11.3 Å². The van der Waals surface area contributed by atoms with Crippen LogP contribution in [0, 0.1) is 6.92 Å². The molecule has 1 rings (SSSR count). The van der Waals surface area contributed by atoms with Crippen LogP contribution in [0.3, 0.4) is 0 Å². The van der Waals surface area contributed by atoms with Crippen LogP contribution in [0.5, 0.6) is 0 Å². The zero-order valence-corrected chi connectivity index (χ0v) is 12.1. The Bertz CT molecular complexity index is 486. The number of likely N-dealkylation sites (N-methyl/N-ethyl adjacent to an activating group) is 1. The summed E-state index contributed by atoms with van der Waals surface area (Å²) in [6.07, 6.45) is 1.85. The van der Waals surface area contributed by atoms with Crippen LogP contribution in [-0.4, -0.2) is 24.4 Å². The highest BCUT2D eigenvalue weighted by Crippen LogP contribution is 2.09. The minimum Gasteiger partial charge on any atom is -0.465 e. The van der Waals surface area contributed by atoms with E-state index < -0.39 is 0 Å². The van der Waals surface area contributed by atoms with Gasteiger partial charge in [-0.3, -0.25) is 4.79 Å². The number of benzene rings is 1. The van der Waals surface area contributed by atoms with Crippen LogP contribution in [-0.2, 0) is 4.74 Å². The number of carbonyl (C=O) groups excluding carboxylic acids is 1. The number of rotatable bonds is 5. The van der Waals surface area contributed by atoms with Crippen LogP contribution < -0.4 is 0 Å². The first-order valence-electron chi connectivity index (χ1n) is 6.24. The minimum atomic E-state index is -0.0390. The van der Waals surface area contributed by atoms with Crippen molar-refractivity contribution >= 4 is 5.91 Å². The van der Waals surface area contributed by atoms with Crippen molar-refractivity contribution in [1.82, 2.24) is 4.90 Å². The lowest BCUT2D eigenvalue weighted by atomic mass is 10.1. The highest BCUT2D eigenvalue weighted by molar-refractivity contribution is 5.94. The first kappa shape index (κ1) is 15.0. The third-order valence-corrected chi connectivity index (χ3v) is 2.77. The number of aryl methyl sites for hydroxylation is 1. The summed E-state index contributed by atoms with van der Waals surface area (Å²) in [5, 5.41) is 0. The fourth-order valence-electron chi connectivity index (χ4n) is 1.57. The predicted octanol–water partition coefficient (Wildman–Crippen LogP) is 3.52. The summed E-state index contributed by atoms with van der Waals surface area (Å²) in [7, 11) is 1.74. The van der Waals surface area contributed by atoms with Crippen LogP contribution in [0.2, 0.25) is 0 Å². The molecule has 0 aliphatic rings. The Hall–Kier alpha value is -2.03. The van der Waals surface area contributed by atoms with Crippen LogP contribution in [0.1, 0.15) is 29.8 Å². The topological polar surface area (TPSA) is 29.5 Å². The average molecular weight is 259 g/mol. The summed E-state index contributed by atoms with van der Waals surface area (Å²) in [6, 6.07) is 7.51.